The molecule has 0 saturated heterocycles. The van der Waals surface area contributed by atoms with Crippen molar-refractivity contribution < 1.29 is 9.59 Å². The fourth-order valence-corrected chi connectivity index (χ4v) is 2.79. The van der Waals surface area contributed by atoms with Crippen LogP contribution in [0.25, 0.3) is 10.9 Å². The smallest absolute Gasteiger partial charge is 0.244 e. The lowest BCUT2D eigenvalue weighted by molar-refractivity contribution is -0.116. The van der Waals surface area contributed by atoms with E-state index in [4.69, 9.17) is 23.2 Å². The van der Waals surface area contributed by atoms with Crippen molar-refractivity contribution in [3.63, 3.8) is 0 Å². The molecule has 2 aromatic carbocycles. The number of rotatable bonds is 4. The molecule has 0 aliphatic carbocycles. The van der Waals surface area contributed by atoms with E-state index in [9.17, 15) is 9.59 Å². The summed E-state index contributed by atoms with van der Waals surface area (Å²) in [4.78, 5) is 23.4. The highest BCUT2D eigenvalue weighted by Gasteiger charge is 2.12. The van der Waals surface area contributed by atoms with E-state index in [2.05, 4.69) is 5.32 Å². The summed E-state index contributed by atoms with van der Waals surface area (Å²) in [6.07, 6.45) is 2.45. The van der Waals surface area contributed by atoms with E-state index in [-0.39, 0.29) is 12.5 Å². The van der Waals surface area contributed by atoms with Gasteiger partial charge in [0.05, 0.1) is 15.7 Å². The highest BCUT2D eigenvalue weighted by molar-refractivity contribution is 6.43. The van der Waals surface area contributed by atoms with Gasteiger partial charge in [-0.2, -0.15) is 0 Å². The molecule has 0 fully saturated rings. The first-order valence-corrected chi connectivity index (χ1v) is 7.62. The minimum atomic E-state index is -0.257. The molecule has 1 heterocycles. The van der Waals surface area contributed by atoms with Gasteiger partial charge in [0.1, 0.15) is 6.54 Å². The van der Waals surface area contributed by atoms with Gasteiger partial charge in [0.25, 0.3) is 0 Å². The molecular formula is C17H12Cl2N2O2. The molecule has 0 aliphatic rings. The van der Waals surface area contributed by atoms with Crippen LogP contribution >= 0.6 is 23.2 Å². The first kappa shape index (κ1) is 15.6. The minimum absolute atomic E-state index is 0.0667. The van der Waals surface area contributed by atoms with Crippen LogP contribution in [0.1, 0.15) is 10.4 Å². The van der Waals surface area contributed by atoms with Crippen LogP contribution in [-0.2, 0) is 11.3 Å². The molecule has 0 radical (unpaired) electrons. The third-order valence-corrected chi connectivity index (χ3v) is 4.30. The molecule has 3 aromatic rings. The van der Waals surface area contributed by atoms with Crippen molar-refractivity contribution in [2.24, 2.45) is 0 Å². The predicted molar refractivity (Wildman–Crippen MR) is 92.4 cm³/mol. The number of hydrogen-bond donors (Lipinski definition) is 1. The second-order valence-corrected chi connectivity index (χ2v) is 5.78. The van der Waals surface area contributed by atoms with E-state index < -0.39 is 0 Å². The number of hydrogen-bond acceptors (Lipinski definition) is 2. The summed E-state index contributed by atoms with van der Waals surface area (Å²) in [7, 11) is 0. The van der Waals surface area contributed by atoms with Gasteiger partial charge in [-0.25, -0.2) is 0 Å². The van der Waals surface area contributed by atoms with Crippen LogP contribution in [-0.4, -0.2) is 16.8 Å². The molecule has 116 valence electrons. The zero-order valence-electron chi connectivity index (χ0n) is 11.9. The largest absolute Gasteiger partial charge is 0.337 e. The zero-order valence-corrected chi connectivity index (χ0v) is 13.4. The first-order valence-electron chi connectivity index (χ1n) is 6.87. The Labute approximate surface area is 142 Å². The predicted octanol–water partition coefficient (Wildman–Crippen LogP) is 4.40. The van der Waals surface area contributed by atoms with Crippen LogP contribution in [0.15, 0.2) is 48.7 Å². The molecule has 1 amide bonds. The number of halogens is 2. The summed E-state index contributed by atoms with van der Waals surface area (Å²) in [6.45, 7) is 0.0667. The lowest BCUT2D eigenvalue weighted by Crippen LogP contribution is -2.18. The molecule has 3 rings (SSSR count). The van der Waals surface area contributed by atoms with Crippen molar-refractivity contribution in [3.05, 3.63) is 64.3 Å². The number of nitrogens with zero attached hydrogens (tertiary/aromatic N) is 1. The van der Waals surface area contributed by atoms with E-state index in [1.54, 1.807) is 29.0 Å². The summed E-state index contributed by atoms with van der Waals surface area (Å²) < 4.78 is 1.73. The molecule has 0 spiro atoms. The molecule has 1 N–H and O–H groups in total. The molecule has 0 unspecified atom stereocenters. The van der Waals surface area contributed by atoms with E-state index >= 15 is 0 Å². The van der Waals surface area contributed by atoms with Crippen LogP contribution < -0.4 is 5.32 Å². The highest BCUT2D eigenvalue weighted by atomic mass is 35.5. The van der Waals surface area contributed by atoms with Gasteiger partial charge in [0.2, 0.25) is 5.91 Å². The van der Waals surface area contributed by atoms with Crippen LogP contribution in [0.4, 0.5) is 5.69 Å². The van der Waals surface area contributed by atoms with Crippen molar-refractivity contribution >= 4 is 52.0 Å². The summed E-state index contributed by atoms with van der Waals surface area (Å²) >= 11 is 12.0. The topological polar surface area (TPSA) is 51.1 Å². The lowest BCUT2D eigenvalue weighted by atomic mass is 10.2. The maximum absolute atomic E-state index is 12.3. The monoisotopic (exact) mass is 346 g/mol. The summed E-state index contributed by atoms with van der Waals surface area (Å²) in [5, 5.41) is 4.22. The number of aromatic nitrogens is 1. The Hall–Kier alpha value is -2.30. The molecule has 0 bridgehead atoms. The van der Waals surface area contributed by atoms with E-state index in [0.29, 0.717) is 21.3 Å². The molecule has 0 aliphatic heterocycles. The Morgan fingerprint density at radius 1 is 1.13 bits per heavy atom. The number of aldehydes is 1. The van der Waals surface area contributed by atoms with Crippen LogP contribution in [0, 0.1) is 0 Å². The average Bonchev–Trinajstić information content (AvgIpc) is 2.90. The van der Waals surface area contributed by atoms with Gasteiger partial charge < -0.3 is 9.88 Å². The van der Waals surface area contributed by atoms with Crippen LogP contribution in [0.2, 0.25) is 10.0 Å². The molecular weight excluding hydrogens is 335 g/mol. The maximum Gasteiger partial charge on any atom is 0.244 e. The second kappa shape index (κ2) is 6.44. The molecule has 4 nitrogen and oxygen atoms in total. The van der Waals surface area contributed by atoms with Gasteiger partial charge >= 0.3 is 0 Å². The van der Waals surface area contributed by atoms with E-state index in [1.807, 2.05) is 24.3 Å². The Balaban J connectivity index is 1.86. The number of anilines is 1. The molecule has 0 saturated carbocycles. The number of carbonyl (C=O) groups excluding carboxylic acids is 2. The maximum atomic E-state index is 12.3. The van der Waals surface area contributed by atoms with Gasteiger partial charge in [-0.15, -0.1) is 0 Å². The van der Waals surface area contributed by atoms with Crippen LogP contribution in [0.3, 0.4) is 0 Å². The van der Waals surface area contributed by atoms with Gasteiger partial charge in [0.15, 0.2) is 6.29 Å². The average molecular weight is 347 g/mol. The third kappa shape index (κ3) is 3.09. The van der Waals surface area contributed by atoms with Gasteiger partial charge in [-0.3, -0.25) is 9.59 Å². The van der Waals surface area contributed by atoms with Gasteiger partial charge in [-0.05, 0) is 18.2 Å². The van der Waals surface area contributed by atoms with E-state index in [1.165, 1.54) is 0 Å². The summed E-state index contributed by atoms with van der Waals surface area (Å²) in [5.74, 6) is -0.257. The quantitative estimate of drug-likeness (QED) is 0.711. The second-order valence-electron chi connectivity index (χ2n) is 5.00. The summed E-state index contributed by atoms with van der Waals surface area (Å²) in [6, 6.07) is 12.5. The standard InChI is InChI=1S/C17H12Cl2N2O2/c18-13-5-3-6-14(17(13)19)20-16(23)9-21-8-11(10-22)12-4-1-2-7-15(12)21/h1-8,10H,9H2,(H,20,23). The highest BCUT2D eigenvalue weighted by Crippen LogP contribution is 2.29. The number of amides is 1. The zero-order chi connectivity index (χ0) is 16.4. The Kier molecular flexibility index (Phi) is 4.37. The number of fused-ring (bicyclic) bond motifs is 1. The molecule has 6 heteroatoms. The fraction of sp³-hybridized carbons (Fsp3) is 0.0588. The number of carbonyl (C=O) groups is 2. The van der Waals surface area contributed by atoms with Crippen LogP contribution in [0.5, 0.6) is 0 Å². The normalized spacial score (nSPS) is 10.7. The first-order chi connectivity index (χ1) is 11.1. The number of nitrogens with one attached hydrogen (secondary N) is 1. The fourth-order valence-electron chi connectivity index (χ4n) is 2.44. The van der Waals surface area contributed by atoms with Crippen molar-refractivity contribution in [2.75, 3.05) is 5.32 Å². The molecule has 1 aromatic heterocycles. The molecule has 0 atom stereocenters. The molecule has 23 heavy (non-hydrogen) atoms. The van der Waals surface area contributed by atoms with Crippen molar-refractivity contribution in [1.29, 1.82) is 0 Å². The van der Waals surface area contributed by atoms with Crippen molar-refractivity contribution in [3.8, 4) is 0 Å². The summed E-state index contributed by atoms with van der Waals surface area (Å²) in [5.41, 5.74) is 1.83. The Bertz CT molecular complexity index is 903. The van der Waals surface area contributed by atoms with Crippen molar-refractivity contribution in [1.82, 2.24) is 4.57 Å². The third-order valence-electron chi connectivity index (χ3n) is 3.49. The van der Waals surface area contributed by atoms with Gasteiger partial charge in [0, 0.05) is 22.7 Å². The lowest BCUT2D eigenvalue weighted by Gasteiger charge is -2.09. The number of para-hydroxylation sites is 1. The Morgan fingerprint density at radius 3 is 2.70 bits per heavy atom. The Morgan fingerprint density at radius 2 is 1.91 bits per heavy atom. The number of benzene rings is 2. The SMILES string of the molecule is O=Cc1cn(CC(=O)Nc2cccc(Cl)c2Cl)c2ccccc12. The minimum Gasteiger partial charge on any atom is -0.337 e. The van der Waals surface area contributed by atoms with E-state index in [0.717, 1.165) is 17.2 Å². The van der Waals surface area contributed by atoms with Gasteiger partial charge in [-0.1, -0.05) is 47.5 Å². The van der Waals surface area contributed by atoms with Crippen molar-refractivity contribution in [2.45, 2.75) is 6.54 Å².